The lowest BCUT2D eigenvalue weighted by Crippen LogP contribution is -2.49. The van der Waals surface area contributed by atoms with E-state index in [2.05, 4.69) is 16.9 Å². The molecule has 0 fully saturated rings. The van der Waals surface area contributed by atoms with Crippen LogP contribution in [0.3, 0.4) is 0 Å². The summed E-state index contributed by atoms with van der Waals surface area (Å²) in [5, 5.41) is 3.00. The minimum Gasteiger partial charge on any atom is -0.497 e. The minimum atomic E-state index is -0.898. The molecule has 0 saturated carbocycles. The number of carbonyl (C=O) groups excluding carboxylic acids is 2. The average molecular weight is 455 g/mol. The number of ether oxygens (including phenoxy) is 1. The molecule has 11 nitrogen and oxygen atoms in total. The Morgan fingerprint density at radius 3 is 2.03 bits per heavy atom. The average Bonchev–Trinajstić information content (AvgIpc) is 2.79. The third kappa shape index (κ3) is 7.65. The second-order valence-electron chi connectivity index (χ2n) is 7.06. The molecule has 0 radical (unpaired) electrons. The van der Waals surface area contributed by atoms with Gasteiger partial charge in [0.15, 0.2) is 5.96 Å². The molecule has 0 bridgehead atoms. The van der Waals surface area contributed by atoms with Crippen LogP contribution in [0.2, 0.25) is 0 Å². The van der Waals surface area contributed by atoms with Crippen LogP contribution in [0.5, 0.6) is 5.75 Å². The zero-order valence-corrected chi connectivity index (χ0v) is 18.5. The van der Waals surface area contributed by atoms with Crippen molar-refractivity contribution in [3.63, 3.8) is 0 Å². The maximum Gasteiger partial charge on any atom is 0.334 e. The number of hydrogen-bond donors (Lipinski definition) is 5. The number of rotatable bonds is 10. The molecule has 0 unspecified atom stereocenters. The van der Waals surface area contributed by atoms with Crippen LogP contribution in [0.25, 0.3) is 0 Å². The molecule has 0 saturated heterocycles. The molecule has 0 atom stereocenters. The fourth-order valence-electron chi connectivity index (χ4n) is 2.86. The van der Waals surface area contributed by atoms with E-state index in [1.165, 1.54) is 4.90 Å². The van der Waals surface area contributed by atoms with Crippen molar-refractivity contribution in [1.29, 1.82) is 0 Å². The van der Waals surface area contributed by atoms with E-state index in [0.29, 0.717) is 23.5 Å². The van der Waals surface area contributed by atoms with Crippen molar-refractivity contribution in [2.45, 2.75) is 13.1 Å². The van der Waals surface area contributed by atoms with Gasteiger partial charge in [0, 0.05) is 12.2 Å². The Hall–Kier alpha value is -4.41. The Morgan fingerprint density at radius 2 is 1.52 bits per heavy atom. The van der Waals surface area contributed by atoms with Gasteiger partial charge in [-0.05, 0) is 35.4 Å². The van der Waals surface area contributed by atoms with E-state index in [-0.39, 0.29) is 31.4 Å². The van der Waals surface area contributed by atoms with E-state index in [9.17, 15) is 9.59 Å². The van der Waals surface area contributed by atoms with Crippen LogP contribution in [-0.4, -0.2) is 48.0 Å². The summed E-state index contributed by atoms with van der Waals surface area (Å²) in [6.45, 7) is 4.63. The number of aliphatic imine (C=N–C) groups is 1. The van der Waals surface area contributed by atoms with E-state index < -0.39 is 12.1 Å². The maximum atomic E-state index is 13.4. The number of benzene rings is 2. The van der Waals surface area contributed by atoms with Crippen LogP contribution >= 0.6 is 0 Å². The van der Waals surface area contributed by atoms with Gasteiger partial charge < -0.3 is 33.0 Å². The lowest BCUT2D eigenvalue weighted by molar-refractivity contribution is 0.161. The number of methoxy groups -OCH3 is 1. The van der Waals surface area contributed by atoms with Gasteiger partial charge in [0.05, 0.1) is 26.7 Å². The molecule has 0 aromatic heterocycles. The van der Waals surface area contributed by atoms with E-state index in [4.69, 9.17) is 27.7 Å². The highest BCUT2D eigenvalue weighted by atomic mass is 16.5. The fourth-order valence-corrected chi connectivity index (χ4v) is 2.86. The fraction of sp³-hybridized carbons (Fsp3) is 0.227. The first-order valence-corrected chi connectivity index (χ1v) is 10.0. The molecule has 0 aliphatic heterocycles. The van der Waals surface area contributed by atoms with Crippen molar-refractivity contribution in [1.82, 2.24) is 15.1 Å². The Morgan fingerprint density at radius 1 is 0.970 bits per heavy atom. The zero-order chi connectivity index (χ0) is 24.4. The molecule has 0 aliphatic carbocycles. The lowest BCUT2D eigenvalue weighted by Gasteiger charge is -2.30. The number of nitrogens with one attached hydrogen (secondary N) is 1. The number of anilines is 1. The molecule has 2 aromatic carbocycles. The predicted molar refractivity (Wildman–Crippen MR) is 128 cm³/mol. The van der Waals surface area contributed by atoms with Crippen LogP contribution in [0, 0.1) is 0 Å². The van der Waals surface area contributed by atoms with Crippen molar-refractivity contribution in [3.8, 4) is 5.75 Å². The molecule has 2 rings (SSSR count). The summed E-state index contributed by atoms with van der Waals surface area (Å²) in [5.41, 5.74) is 24.0. The van der Waals surface area contributed by atoms with Gasteiger partial charge in [0.1, 0.15) is 11.6 Å². The number of nitrogens with zero attached hydrogens (tertiary/aromatic N) is 3. The third-order valence-corrected chi connectivity index (χ3v) is 4.61. The summed E-state index contributed by atoms with van der Waals surface area (Å²) in [5.74, 6) is 0.884. The maximum absolute atomic E-state index is 13.4. The molecular formula is C22H30N8O3. The number of urea groups is 2. The van der Waals surface area contributed by atoms with E-state index in [1.807, 2.05) is 0 Å². The van der Waals surface area contributed by atoms with Gasteiger partial charge in [0.2, 0.25) is 0 Å². The largest absolute Gasteiger partial charge is 0.497 e. The van der Waals surface area contributed by atoms with Gasteiger partial charge in [0.25, 0.3) is 0 Å². The highest BCUT2D eigenvalue weighted by Crippen LogP contribution is 2.17. The summed E-state index contributed by atoms with van der Waals surface area (Å²) in [6.07, 6.45) is 0. The molecule has 0 heterocycles. The first-order chi connectivity index (χ1) is 15.7. The quantitative estimate of drug-likeness (QED) is 0.154. The van der Waals surface area contributed by atoms with Crippen LogP contribution in [0.4, 0.5) is 15.3 Å². The zero-order valence-electron chi connectivity index (χ0n) is 18.5. The molecular weight excluding hydrogens is 424 g/mol. The van der Waals surface area contributed by atoms with Crippen molar-refractivity contribution in [2.75, 3.05) is 25.9 Å². The summed E-state index contributed by atoms with van der Waals surface area (Å²) >= 11 is 0. The van der Waals surface area contributed by atoms with Crippen molar-refractivity contribution in [2.24, 2.45) is 22.2 Å². The van der Waals surface area contributed by atoms with Gasteiger partial charge in [-0.15, -0.1) is 0 Å². The van der Waals surface area contributed by atoms with Gasteiger partial charge in [-0.3, -0.25) is 9.89 Å². The number of nitrogen functional groups attached to an aromatic ring is 1. The third-order valence-electron chi connectivity index (χ3n) is 4.61. The molecule has 176 valence electrons. The normalized spacial score (nSPS) is 10.1. The smallest absolute Gasteiger partial charge is 0.334 e. The number of amides is 4. The molecule has 0 aliphatic rings. The van der Waals surface area contributed by atoms with Gasteiger partial charge >= 0.3 is 12.1 Å². The lowest BCUT2D eigenvalue weighted by atomic mass is 10.2. The summed E-state index contributed by atoms with van der Waals surface area (Å²) in [7, 11) is 1.56. The molecule has 4 amide bonds. The Kier molecular flexibility index (Phi) is 8.92. The van der Waals surface area contributed by atoms with Gasteiger partial charge in [-0.2, -0.15) is 0 Å². The number of hydrogen-bond acceptors (Lipinski definition) is 6. The SMILES string of the molecule is C=C(NCCN=C(N)N)N(Cc1ccc(OC)cc1)C(=O)N(Cc1ccc(N)cc1)C(N)=O. The van der Waals surface area contributed by atoms with Gasteiger partial charge in [-0.25, -0.2) is 14.5 Å². The monoisotopic (exact) mass is 454 g/mol. The highest BCUT2D eigenvalue weighted by Gasteiger charge is 2.27. The van der Waals surface area contributed by atoms with Crippen molar-refractivity contribution in [3.05, 3.63) is 72.1 Å². The number of carbonyl (C=O) groups is 2. The molecule has 0 spiro atoms. The van der Waals surface area contributed by atoms with Crippen LogP contribution in [0.15, 0.2) is 65.9 Å². The Balaban J connectivity index is 2.25. The van der Waals surface area contributed by atoms with Crippen LogP contribution < -0.4 is 33.0 Å². The summed E-state index contributed by atoms with van der Waals surface area (Å²) in [6, 6.07) is 12.4. The standard InChI is InChI=1S/C22H30N8O3/c1-15(27-11-12-28-20(24)25)29(13-17-5-9-19(33-2)10-6-17)22(32)30(21(26)31)14-16-3-7-18(23)8-4-16/h3-10,27H,1,11-14,23H2,2H3,(H2,26,31)(H4,24,25,28). The van der Waals surface area contributed by atoms with Crippen molar-refractivity contribution < 1.29 is 14.3 Å². The second-order valence-corrected chi connectivity index (χ2v) is 7.06. The van der Waals surface area contributed by atoms with E-state index in [0.717, 1.165) is 10.5 Å². The van der Waals surface area contributed by atoms with Crippen LogP contribution in [-0.2, 0) is 13.1 Å². The van der Waals surface area contributed by atoms with Crippen LogP contribution in [0.1, 0.15) is 11.1 Å². The van der Waals surface area contributed by atoms with E-state index >= 15 is 0 Å². The van der Waals surface area contributed by atoms with E-state index in [1.54, 1.807) is 55.6 Å². The summed E-state index contributed by atoms with van der Waals surface area (Å²) in [4.78, 5) is 31.7. The number of imide groups is 1. The first kappa shape index (κ1) is 24.9. The molecule has 11 heteroatoms. The van der Waals surface area contributed by atoms with Crippen molar-refractivity contribution >= 4 is 23.7 Å². The molecule has 2 aromatic rings. The minimum absolute atomic E-state index is 0.0329. The Bertz CT molecular complexity index is 986. The molecule has 9 N–H and O–H groups in total. The Labute approximate surface area is 192 Å². The number of nitrogens with two attached hydrogens (primary N) is 4. The topological polar surface area (TPSA) is 178 Å². The van der Waals surface area contributed by atoms with Gasteiger partial charge in [-0.1, -0.05) is 30.8 Å². The highest BCUT2D eigenvalue weighted by molar-refractivity contribution is 5.93. The second kappa shape index (κ2) is 11.8. The number of primary amides is 1. The predicted octanol–water partition coefficient (Wildman–Crippen LogP) is 1.11. The number of guanidine groups is 1. The molecule has 33 heavy (non-hydrogen) atoms. The summed E-state index contributed by atoms with van der Waals surface area (Å²) < 4.78 is 5.18. The first-order valence-electron chi connectivity index (χ1n) is 10.0.